The normalized spacial score (nSPS) is 25.4. The lowest BCUT2D eigenvalue weighted by atomic mass is 9.69. The molecule has 0 bridgehead atoms. The van der Waals surface area contributed by atoms with Gasteiger partial charge in [0.15, 0.2) is 0 Å². The number of likely N-dealkylation sites (tertiary alicyclic amines) is 1. The van der Waals surface area contributed by atoms with Gasteiger partial charge in [0.2, 0.25) is 11.8 Å². The topological polar surface area (TPSA) is 61.4 Å². The Hall–Kier alpha value is -1.10. The van der Waals surface area contributed by atoms with E-state index in [0.29, 0.717) is 18.5 Å². The molecule has 2 aliphatic rings. The summed E-state index contributed by atoms with van der Waals surface area (Å²) < 4.78 is 0. The highest BCUT2D eigenvalue weighted by Crippen LogP contribution is 2.37. The van der Waals surface area contributed by atoms with E-state index >= 15 is 0 Å². The fraction of sp³-hybridized carbons (Fsp3) is 0.889. The summed E-state index contributed by atoms with van der Waals surface area (Å²) in [6.07, 6.45) is 7.06. The molecule has 2 fully saturated rings. The predicted molar refractivity (Wildman–Crippen MR) is 92.0 cm³/mol. The Kier molecular flexibility index (Phi) is 6.45. The minimum Gasteiger partial charge on any atom is -0.346 e. The first kappa shape index (κ1) is 18.2. The summed E-state index contributed by atoms with van der Waals surface area (Å²) in [4.78, 5) is 25.8. The summed E-state index contributed by atoms with van der Waals surface area (Å²) in [5.41, 5.74) is 0.264. The lowest BCUT2D eigenvalue weighted by Gasteiger charge is -2.40. The van der Waals surface area contributed by atoms with E-state index in [4.69, 9.17) is 0 Å². The molecule has 1 saturated carbocycles. The SMILES string of the molecule is CC(C)(C)[C@@H]1CCCC[C@@H]1NCC(=O)NCC(=O)N1CCCC1. The fourth-order valence-corrected chi connectivity index (χ4v) is 3.95. The molecule has 0 spiro atoms. The van der Waals surface area contributed by atoms with Gasteiger partial charge in [-0.05, 0) is 37.0 Å². The molecule has 0 radical (unpaired) electrons. The number of carbonyl (C=O) groups excluding carboxylic acids is 2. The summed E-state index contributed by atoms with van der Waals surface area (Å²) in [5.74, 6) is 0.576. The van der Waals surface area contributed by atoms with E-state index in [-0.39, 0.29) is 23.8 Å². The predicted octanol–water partition coefficient (Wildman–Crippen LogP) is 1.92. The first-order valence-corrected chi connectivity index (χ1v) is 9.16. The number of hydrogen-bond acceptors (Lipinski definition) is 3. The average molecular weight is 323 g/mol. The molecule has 132 valence electrons. The number of rotatable bonds is 5. The van der Waals surface area contributed by atoms with Crippen LogP contribution in [0.2, 0.25) is 0 Å². The van der Waals surface area contributed by atoms with Gasteiger partial charge in [0.25, 0.3) is 0 Å². The fourth-order valence-electron chi connectivity index (χ4n) is 3.95. The maximum atomic E-state index is 12.0. The summed E-state index contributed by atoms with van der Waals surface area (Å²) in [6, 6.07) is 0.406. The molecule has 1 aliphatic carbocycles. The molecule has 2 rings (SSSR count). The van der Waals surface area contributed by atoms with Gasteiger partial charge in [-0.3, -0.25) is 9.59 Å². The molecule has 23 heavy (non-hydrogen) atoms. The first-order chi connectivity index (χ1) is 10.9. The van der Waals surface area contributed by atoms with Crippen LogP contribution in [0, 0.1) is 11.3 Å². The monoisotopic (exact) mass is 323 g/mol. The summed E-state index contributed by atoms with van der Waals surface area (Å²) in [5, 5.41) is 6.19. The van der Waals surface area contributed by atoms with Crippen LogP contribution in [0.3, 0.4) is 0 Å². The lowest BCUT2D eigenvalue weighted by Crippen LogP contribution is -2.48. The lowest BCUT2D eigenvalue weighted by molar-refractivity contribution is -0.131. The molecule has 0 aromatic rings. The van der Waals surface area contributed by atoms with Crippen molar-refractivity contribution in [3.8, 4) is 0 Å². The molecule has 5 nitrogen and oxygen atoms in total. The van der Waals surface area contributed by atoms with Gasteiger partial charge >= 0.3 is 0 Å². The molecular weight excluding hydrogens is 290 g/mol. The first-order valence-electron chi connectivity index (χ1n) is 9.16. The third-order valence-corrected chi connectivity index (χ3v) is 5.30. The standard InChI is InChI=1S/C18H33N3O2/c1-18(2,3)14-8-4-5-9-15(14)19-12-16(22)20-13-17(23)21-10-6-7-11-21/h14-15,19H,4-13H2,1-3H3,(H,20,22)/t14-,15+/m1/s1. The minimum atomic E-state index is -0.0734. The molecule has 2 N–H and O–H groups in total. The molecule has 0 aromatic carbocycles. The van der Waals surface area contributed by atoms with Crippen molar-refractivity contribution >= 4 is 11.8 Å². The van der Waals surface area contributed by atoms with Crippen LogP contribution in [0.1, 0.15) is 59.3 Å². The number of nitrogens with one attached hydrogen (secondary N) is 2. The Morgan fingerprint density at radius 1 is 1.00 bits per heavy atom. The van der Waals surface area contributed by atoms with E-state index in [9.17, 15) is 9.59 Å². The molecule has 1 saturated heterocycles. The maximum Gasteiger partial charge on any atom is 0.241 e. The molecule has 1 heterocycles. The van der Waals surface area contributed by atoms with Crippen LogP contribution in [0.15, 0.2) is 0 Å². The maximum absolute atomic E-state index is 12.0. The Morgan fingerprint density at radius 3 is 2.30 bits per heavy atom. The number of nitrogens with zero attached hydrogens (tertiary/aromatic N) is 1. The van der Waals surface area contributed by atoms with Crippen molar-refractivity contribution in [2.45, 2.75) is 65.3 Å². The number of hydrogen-bond donors (Lipinski definition) is 2. The Morgan fingerprint density at radius 2 is 1.65 bits per heavy atom. The van der Waals surface area contributed by atoms with Crippen molar-refractivity contribution in [3.63, 3.8) is 0 Å². The van der Waals surface area contributed by atoms with Gasteiger partial charge in [-0.2, -0.15) is 0 Å². The van der Waals surface area contributed by atoms with Gasteiger partial charge in [-0.1, -0.05) is 33.6 Å². The van der Waals surface area contributed by atoms with Crippen molar-refractivity contribution in [1.29, 1.82) is 0 Å². The summed E-state index contributed by atoms with van der Waals surface area (Å²) in [6.45, 7) is 8.97. The van der Waals surface area contributed by atoms with Crippen LogP contribution in [0.5, 0.6) is 0 Å². The Labute approximate surface area is 140 Å². The minimum absolute atomic E-state index is 0.0427. The summed E-state index contributed by atoms with van der Waals surface area (Å²) >= 11 is 0. The molecule has 2 amide bonds. The van der Waals surface area contributed by atoms with Crippen molar-refractivity contribution in [1.82, 2.24) is 15.5 Å². The third kappa shape index (κ3) is 5.48. The van der Waals surface area contributed by atoms with Gasteiger partial charge < -0.3 is 15.5 Å². The van der Waals surface area contributed by atoms with E-state index < -0.39 is 0 Å². The van der Waals surface area contributed by atoms with Gasteiger partial charge in [-0.15, -0.1) is 0 Å². The smallest absolute Gasteiger partial charge is 0.241 e. The molecule has 0 aromatic heterocycles. The van der Waals surface area contributed by atoms with Crippen LogP contribution < -0.4 is 10.6 Å². The third-order valence-electron chi connectivity index (χ3n) is 5.30. The van der Waals surface area contributed by atoms with Crippen molar-refractivity contribution in [2.75, 3.05) is 26.2 Å². The van der Waals surface area contributed by atoms with Gasteiger partial charge in [0.05, 0.1) is 13.1 Å². The van der Waals surface area contributed by atoms with E-state index in [1.807, 2.05) is 4.90 Å². The quantitative estimate of drug-likeness (QED) is 0.812. The van der Waals surface area contributed by atoms with Crippen LogP contribution in [-0.4, -0.2) is 48.9 Å². The van der Waals surface area contributed by atoms with Crippen molar-refractivity contribution in [2.24, 2.45) is 11.3 Å². The zero-order valence-electron chi connectivity index (χ0n) is 15.0. The molecule has 5 heteroatoms. The second-order valence-electron chi connectivity index (χ2n) is 8.11. The van der Waals surface area contributed by atoms with Crippen LogP contribution >= 0.6 is 0 Å². The van der Waals surface area contributed by atoms with Crippen molar-refractivity contribution < 1.29 is 9.59 Å². The highest BCUT2D eigenvalue weighted by atomic mass is 16.2. The van der Waals surface area contributed by atoms with Gasteiger partial charge in [-0.25, -0.2) is 0 Å². The number of amides is 2. The molecule has 1 aliphatic heterocycles. The molecule has 2 atom stereocenters. The number of carbonyl (C=O) groups is 2. The van der Waals surface area contributed by atoms with Gasteiger partial charge in [0, 0.05) is 19.1 Å². The van der Waals surface area contributed by atoms with E-state index in [0.717, 1.165) is 32.4 Å². The zero-order chi connectivity index (χ0) is 16.9. The Balaban J connectivity index is 1.71. The Bertz CT molecular complexity index is 411. The molecular formula is C18H33N3O2. The van der Waals surface area contributed by atoms with Crippen LogP contribution in [0.4, 0.5) is 0 Å². The van der Waals surface area contributed by atoms with E-state index in [1.54, 1.807) is 0 Å². The van der Waals surface area contributed by atoms with Gasteiger partial charge in [0.1, 0.15) is 0 Å². The second kappa shape index (κ2) is 8.13. The van der Waals surface area contributed by atoms with Crippen LogP contribution in [-0.2, 0) is 9.59 Å². The van der Waals surface area contributed by atoms with Crippen molar-refractivity contribution in [3.05, 3.63) is 0 Å². The average Bonchev–Trinajstić information content (AvgIpc) is 3.04. The molecule has 0 unspecified atom stereocenters. The highest BCUT2D eigenvalue weighted by Gasteiger charge is 2.34. The zero-order valence-corrected chi connectivity index (χ0v) is 15.0. The summed E-state index contributed by atoms with van der Waals surface area (Å²) in [7, 11) is 0. The van der Waals surface area contributed by atoms with E-state index in [1.165, 1.54) is 19.3 Å². The second-order valence-corrected chi connectivity index (χ2v) is 8.11. The highest BCUT2D eigenvalue weighted by molar-refractivity contribution is 5.85. The largest absolute Gasteiger partial charge is 0.346 e. The van der Waals surface area contributed by atoms with E-state index in [2.05, 4.69) is 31.4 Å². The van der Waals surface area contributed by atoms with Crippen LogP contribution in [0.25, 0.3) is 0 Å².